The van der Waals surface area contributed by atoms with E-state index in [0.29, 0.717) is 16.6 Å². The van der Waals surface area contributed by atoms with Crippen molar-refractivity contribution in [3.63, 3.8) is 0 Å². The van der Waals surface area contributed by atoms with Crippen LogP contribution in [0, 0.1) is 0 Å². The third-order valence-electron chi connectivity index (χ3n) is 3.56. The van der Waals surface area contributed by atoms with Crippen molar-refractivity contribution in [2.24, 2.45) is 7.05 Å². The van der Waals surface area contributed by atoms with Gasteiger partial charge in [-0.15, -0.1) is 0 Å². The molecule has 0 fully saturated rings. The lowest BCUT2D eigenvalue weighted by atomic mass is 10.2. The minimum atomic E-state index is 0.646. The van der Waals surface area contributed by atoms with Crippen molar-refractivity contribution in [2.45, 2.75) is 6.54 Å². The van der Waals surface area contributed by atoms with E-state index >= 15 is 0 Å². The lowest BCUT2D eigenvalue weighted by Crippen LogP contribution is -2.06. The summed E-state index contributed by atoms with van der Waals surface area (Å²) in [6.07, 6.45) is 1.97. The Balaban J connectivity index is 2.07. The summed E-state index contributed by atoms with van der Waals surface area (Å²) >= 11 is 12.4. The molecule has 3 aromatic rings. The largest absolute Gasteiger partial charge is 0.456 e. The minimum Gasteiger partial charge on any atom is -0.456 e. The van der Waals surface area contributed by atoms with Gasteiger partial charge in [0.25, 0.3) is 0 Å². The number of aromatic nitrogens is 1. The Labute approximate surface area is 139 Å². The first-order valence-corrected chi connectivity index (χ1v) is 7.70. The van der Waals surface area contributed by atoms with Gasteiger partial charge in [0.15, 0.2) is 0 Å². The van der Waals surface area contributed by atoms with Crippen LogP contribution < -0.4 is 10.1 Å². The molecule has 0 aliphatic carbocycles. The minimum absolute atomic E-state index is 0.646. The zero-order chi connectivity index (χ0) is 15.7. The van der Waals surface area contributed by atoms with Gasteiger partial charge in [-0.2, -0.15) is 0 Å². The van der Waals surface area contributed by atoms with Crippen molar-refractivity contribution in [1.29, 1.82) is 0 Å². The van der Waals surface area contributed by atoms with Crippen molar-refractivity contribution < 1.29 is 4.74 Å². The summed E-state index contributed by atoms with van der Waals surface area (Å²) in [5.41, 5.74) is 2.00. The summed E-state index contributed by atoms with van der Waals surface area (Å²) in [4.78, 5) is 0. The number of hydrogen-bond donors (Lipinski definition) is 1. The highest BCUT2D eigenvalue weighted by atomic mass is 35.5. The highest BCUT2D eigenvalue weighted by Gasteiger charge is 2.12. The molecule has 3 nitrogen and oxygen atoms in total. The average Bonchev–Trinajstić information content (AvgIpc) is 2.88. The molecule has 0 atom stereocenters. The summed E-state index contributed by atoms with van der Waals surface area (Å²) in [5, 5.41) is 5.46. The SMILES string of the molecule is CNCc1ccc(Cl)cc1Oc1ccc(Cl)c2c1ccn2C. The van der Waals surface area contributed by atoms with E-state index in [1.165, 1.54) is 0 Å². The van der Waals surface area contributed by atoms with Gasteiger partial charge in [0, 0.05) is 35.8 Å². The van der Waals surface area contributed by atoms with E-state index in [0.717, 1.165) is 28.0 Å². The van der Waals surface area contributed by atoms with Crippen LogP contribution in [-0.2, 0) is 13.6 Å². The highest BCUT2D eigenvalue weighted by molar-refractivity contribution is 6.35. The summed E-state index contributed by atoms with van der Waals surface area (Å²) in [6, 6.07) is 11.4. The van der Waals surface area contributed by atoms with Gasteiger partial charge < -0.3 is 14.6 Å². The molecule has 0 saturated heterocycles. The Morgan fingerprint density at radius 1 is 1.09 bits per heavy atom. The topological polar surface area (TPSA) is 26.2 Å². The van der Waals surface area contributed by atoms with E-state index in [2.05, 4.69) is 5.32 Å². The average molecular weight is 335 g/mol. The Morgan fingerprint density at radius 3 is 2.68 bits per heavy atom. The van der Waals surface area contributed by atoms with Crippen LogP contribution in [0.4, 0.5) is 0 Å². The molecular formula is C17H16Cl2N2O. The van der Waals surface area contributed by atoms with Crippen molar-refractivity contribution in [3.8, 4) is 11.5 Å². The van der Waals surface area contributed by atoms with Crippen LogP contribution in [0.5, 0.6) is 11.5 Å². The maximum absolute atomic E-state index is 6.28. The van der Waals surface area contributed by atoms with Crippen molar-refractivity contribution >= 4 is 34.1 Å². The first-order valence-electron chi connectivity index (χ1n) is 6.94. The van der Waals surface area contributed by atoms with Gasteiger partial charge in [-0.05, 0) is 37.4 Å². The van der Waals surface area contributed by atoms with Crippen LogP contribution in [0.1, 0.15) is 5.56 Å². The Bertz CT molecular complexity index is 827. The van der Waals surface area contributed by atoms with Gasteiger partial charge in [-0.25, -0.2) is 0 Å². The standard InChI is InChI=1S/C17H16Cl2N2O/c1-20-10-11-3-4-12(18)9-16(11)22-15-6-5-14(19)17-13(15)7-8-21(17)2/h3-9,20H,10H2,1-2H3. The fourth-order valence-corrected chi connectivity index (χ4v) is 2.97. The molecule has 0 aliphatic rings. The quantitative estimate of drug-likeness (QED) is 0.726. The van der Waals surface area contributed by atoms with Gasteiger partial charge in [0.2, 0.25) is 0 Å². The van der Waals surface area contributed by atoms with E-state index < -0.39 is 0 Å². The Hall–Kier alpha value is -1.68. The van der Waals surface area contributed by atoms with Crippen LogP contribution >= 0.6 is 23.2 Å². The van der Waals surface area contributed by atoms with Gasteiger partial charge in [-0.1, -0.05) is 29.3 Å². The fourth-order valence-electron chi connectivity index (χ4n) is 2.51. The predicted octanol–water partition coefficient (Wildman–Crippen LogP) is 5.00. The molecule has 0 bridgehead atoms. The number of nitrogens with one attached hydrogen (secondary N) is 1. The second-order valence-corrected chi connectivity index (χ2v) is 5.96. The van der Waals surface area contributed by atoms with Crippen molar-refractivity contribution in [3.05, 3.63) is 58.2 Å². The van der Waals surface area contributed by atoms with E-state index in [4.69, 9.17) is 27.9 Å². The monoisotopic (exact) mass is 334 g/mol. The third-order valence-corrected chi connectivity index (χ3v) is 4.10. The second kappa shape index (κ2) is 6.21. The highest BCUT2D eigenvalue weighted by Crippen LogP contribution is 2.36. The molecular weight excluding hydrogens is 319 g/mol. The number of hydrogen-bond acceptors (Lipinski definition) is 2. The van der Waals surface area contributed by atoms with Crippen LogP contribution in [0.25, 0.3) is 10.9 Å². The maximum Gasteiger partial charge on any atom is 0.136 e. The van der Waals surface area contributed by atoms with Gasteiger partial charge in [-0.3, -0.25) is 0 Å². The smallest absolute Gasteiger partial charge is 0.136 e. The summed E-state index contributed by atoms with van der Waals surface area (Å²) in [7, 11) is 3.86. The number of benzene rings is 2. The molecule has 1 heterocycles. The van der Waals surface area contributed by atoms with Crippen LogP contribution in [0.2, 0.25) is 10.0 Å². The number of ether oxygens (including phenoxy) is 1. The Morgan fingerprint density at radius 2 is 1.91 bits per heavy atom. The molecule has 114 valence electrons. The normalized spacial score (nSPS) is 11.1. The molecule has 5 heteroatoms. The molecule has 1 N–H and O–H groups in total. The molecule has 0 aliphatic heterocycles. The number of fused-ring (bicyclic) bond motifs is 1. The molecule has 0 spiro atoms. The molecule has 3 rings (SSSR count). The zero-order valence-electron chi connectivity index (χ0n) is 12.4. The molecule has 0 radical (unpaired) electrons. The van der Waals surface area contributed by atoms with Crippen molar-refractivity contribution in [1.82, 2.24) is 9.88 Å². The number of nitrogens with zero attached hydrogens (tertiary/aromatic N) is 1. The summed E-state index contributed by atoms with van der Waals surface area (Å²) in [5.74, 6) is 1.51. The number of rotatable bonds is 4. The summed E-state index contributed by atoms with van der Waals surface area (Å²) < 4.78 is 8.11. The van der Waals surface area contributed by atoms with Crippen molar-refractivity contribution in [2.75, 3.05) is 7.05 Å². The van der Waals surface area contributed by atoms with Gasteiger partial charge in [0.1, 0.15) is 11.5 Å². The zero-order valence-corrected chi connectivity index (χ0v) is 13.9. The van der Waals surface area contributed by atoms with Crippen LogP contribution in [0.15, 0.2) is 42.6 Å². The van der Waals surface area contributed by atoms with E-state index in [1.54, 1.807) is 0 Å². The molecule has 2 aromatic carbocycles. The number of halogens is 2. The van der Waals surface area contributed by atoms with Gasteiger partial charge >= 0.3 is 0 Å². The molecule has 0 saturated carbocycles. The lowest BCUT2D eigenvalue weighted by Gasteiger charge is -2.13. The van der Waals surface area contributed by atoms with Crippen LogP contribution in [0.3, 0.4) is 0 Å². The van der Waals surface area contributed by atoms with Gasteiger partial charge in [0.05, 0.1) is 10.5 Å². The summed E-state index contributed by atoms with van der Waals surface area (Å²) in [6.45, 7) is 0.706. The van der Waals surface area contributed by atoms with E-state index in [-0.39, 0.29) is 0 Å². The second-order valence-electron chi connectivity index (χ2n) is 5.12. The third kappa shape index (κ3) is 2.80. The molecule has 1 aromatic heterocycles. The van der Waals surface area contributed by atoms with E-state index in [1.807, 2.05) is 61.3 Å². The molecule has 0 amide bonds. The lowest BCUT2D eigenvalue weighted by molar-refractivity contribution is 0.480. The number of aryl methyl sites for hydroxylation is 1. The van der Waals surface area contributed by atoms with E-state index in [9.17, 15) is 0 Å². The first-order chi connectivity index (χ1) is 10.6. The first kappa shape index (κ1) is 15.2. The predicted molar refractivity (Wildman–Crippen MR) is 92.2 cm³/mol. The van der Waals surface area contributed by atoms with Crippen LogP contribution in [-0.4, -0.2) is 11.6 Å². The maximum atomic E-state index is 6.28. The molecule has 22 heavy (non-hydrogen) atoms. The molecule has 0 unspecified atom stereocenters. The Kier molecular flexibility index (Phi) is 4.30. The fraction of sp³-hybridized carbons (Fsp3) is 0.176.